The van der Waals surface area contributed by atoms with Crippen molar-refractivity contribution in [1.29, 1.82) is 0 Å². The number of rotatable bonds is 10. The molecule has 0 aliphatic heterocycles. The molecule has 0 bridgehead atoms. The van der Waals surface area contributed by atoms with Crippen LogP contribution in [0.3, 0.4) is 0 Å². The van der Waals surface area contributed by atoms with Crippen molar-refractivity contribution in [1.82, 2.24) is 0 Å². The first-order valence-electron chi connectivity index (χ1n) is 11.5. The van der Waals surface area contributed by atoms with Gasteiger partial charge in [0.25, 0.3) is 0 Å². The molecule has 0 heterocycles. The third-order valence-electron chi connectivity index (χ3n) is 6.44. The van der Waals surface area contributed by atoms with E-state index in [0.717, 1.165) is 23.6 Å². The molecule has 7 heteroatoms. The van der Waals surface area contributed by atoms with Gasteiger partial charge in [-0.05, 0) is 72.9 Å². The van der Waals surface area contributed by atoms with Crippen LogP contribution in [0.1, 0.15) is 81.8 Å². The summed E-state index contributed by atoms with van der Waals surface area (Å²) < 4.78 is 69.4. The van der Waals surface area contributed by atoms with Crippen LogP contribution in [0.25, 0.3) is 0 Å². The van der Waals surface area contributed by atoms with Gasteiger partial charge in [-0.25, -0.2) is 0 Å². The second-order valence-electron chi connectivity index (χ2n) is 9.04. The smallest absolute Gasteiger partial charge is 0.310 e. The van der Waals surface area contributed by atoms with Crippen LogP contribution in [-0.4, -0.2) is 0 Å². The molecule has 0 amide bonds. The van der Waals surface area contributed by atoms with E-state index >= 15 is 0 Å². The number of hydrogen-bond acceptors (Lipinski definition) is 1. The zero-order valence-electron chi connectivity index (χ0n) is 18.6. The van der Waals surface area contributed by atoms with Crippen molar-refractivity contribution in [2.45, 2.75) is 82.1 Å². The third-order valence-corrected chi connectivity index (χ3v) is 7.60. The van der Waals surface area contributed by atoms with Gasteiger partial charge in [0.2, 0.25) is 0 Å². The molecule has 1 aliphatic carbocycles. The Hall–Kier alpha value is -1.76. The Balaban J connectivity index is 1.46. The lowest BCUT2D eigenvalue weighted by Gasteiger charge is -2.40. The highest BCUT2D eigenvalue weighted by Gasteiger charge is 2.65. The highest BCUT2D eigenvalue weighted by atomic mass is 32.5. The van der Waals surface area contributed by atoms with E-state index in [-0.39, 0.29) is 12.4 Å². The van der Waals surface area contributed by atoms with Gasteiger partial charge in [0.05, 0.1) is 0 Å². The number of unbranched alkanes of at least 4 members (excludes halogenated alkanes) is 3. The largest absolute Gasteiger partial charge is 0.489 e. The van der Waals surface area contributed by atoms with Crippen LogP contribution < -0.4 is 4.74 Å². The van der Waals surface area contributed by atoms with Crippen molar-refractivity contribution in [3.05, 3.63) is 59.7 Å². The molecule has 0 saturated heterocycles. The van der Waals surface area contributed by atoms with Gasteiger partial charge in [0, 0.05) is 0 Å². The molecule has 3 rings (SSSR count). The Morgan fingerprint density at radius 3 is 1.97 bits per heavy atom. The maximum absolute atomic E-state index is 12.8. The maximum atomic E-state index is 12.8. The number of ether oxygens (including phenoxy) is 1. The summed E-state index contributed by atoms with van der Waals surface area (Å²) in [5, 5.41) is 0. The standard InChI is InChI=1S/C25H33F5OS/c1-2-3-4-5-6-20-7-11-22(12-8-20)23-13-9-21(10-14-23)19-31-24-15-17-25(18-16-24)32(26,27,28,29)30/h9-10,13-18,20,22H,2-8,11-12,19H2,1H3/t20-,22-. The second-order valence-corrected chi connectivity index (χ2v) is 11.4. The SMILES string of the molecule is CCCCCC[C@H]1CC[C@H](c2ccc(COc3ccc(S(F)(F)(F)(F)F)cc3)cc2)CC1. The summed E-state index contributed by atoms with van der Waals surface area (Å²) in [5.74, 6) is 1.56. The predicted molar refractivity (Wildman–Crippen MR) is 122 cm³/mol. The van der Waals surface area contributed by atoms with Crippen LogP contribution in [0.4, 0.5) is 19.4 Å². The fourth-order valence-corrected chi connectivity index (χ4v) is 5.14. The van der Waals surface area contributed by atoms with Gasteiger partial charge < -0.3 is 4.74 Å². The highest BCUT2D eigenvalue weighted by Crippen LogP contribution is 3.02. The molecule has 2 aromatic rings. The molecule has 32 heavy (non-hydrogen) atoms. The second kappa shape index (κ2) is 9.24. The topological polar surface area (TPSA) is 9.23 Å². The van der Waals surface area contributed by atoms with E-state index in [9.17, 15) is 19.4 Å². The van der Waals surface area contributed by atoms with Crippen molar-refractivity contribution < 1.29 is 24.2 Å². The molecule has 0 radical (unpaired) electrons. The molecule has 1 aliphatic rings. The Morgan fingerprint density at radius 1 is 0.781 bits per heavy atom. The van der Waals surface area contributed by atoms with Crippen molar-refractivity contribution in [3.8, 4) is 5.75 Å². The van der Waals surface area contributed by atoms with Crippen LogP contribution >= 0.6 is 10.2 Å². The lowest BCUT2D eigenvalue weighted by atomic mass is 9.77. The lowest BCUT2D eigenvalue weighted by molar-refractivity contribution is 0.301. The van der Waals surface area contributed by atoms with Gasteiger partial charge in [0.15, 0.2) is 0 Å². The quantitative estimate of drug-likeness (QED) is 0.245. The molecule has 0 N–H and O–H groups in total. The summed E-state index contributed by atoms with van der Waals surface area (Å²) in [4.78, 5) is -1.91. The maximum Gasteiger partial charge on any atom is 0.310 e. The normalized spacial score (nSPS) is 21.6. The van der Waals surface area contributed by atoms with E-state index < -0.39 is 15.1 Å². The summed E-state index contributed by atoms with van der Waals surface area (Å²) >= 11 is 0. The minimum absolute atomic E-state index is 0.122. The van der Waals surface area contributed by atoms with E-state index in [1.165, 1.54) is 63.4 Å². The van der Waals surface area contributed by atoms with E-state index in [4.69, 9.17) is 4.74 Å². The van der Waals surface area contributed by atoms with Crippen molar-refractivity contribution in [2.75, 3.05) is 0 Å². The van der Waals surface area contributed by atoms with Crippen molar-refractivity contribution in [2.24, 2.45) is 5.92 Å². The predicted octanol–water partition coefficient (Wildman–Crippen LogP) is 10.2. The fourth-order valence-electron chi connectivity index (χ4n) is 4.49. The van der Waals surface area contributed by atoms with E-state index in [0.29, 0.717) is 18.1 Å². The molecule has 180 valence electrons. The summed E-state index contributed by atoms with van der Waals surface area (Å²) in [5.41, 5.74) is 2.20. The molecule has 0 spiro atoms. The lowest BCUT2D eigenvalue weighted by Crippen LogP contribution is -2.13. The summed E-state index contributed by atoms with van der Waals surface area (Å²) in [6.45, 7) is 2.41. The molecule has 0 aromatic heterocycles. The molecule has 0 atom stereocenters. The zero-order valence-corrected chi connectivity index (χ0v) is 19.4. The van der Waals surface area contributed by atoms with Crippen LogP contribution in [0.15, 0.2) is 53.4 Å². The van der Waals surface area contributed by atoms with Gasteiger partial charge in [-0.1, -0.05) is 82.7 Å². The molecule has 1 fully saturated rings. The van der Waals surface area contributed by atoms with Crippen molar-refractivity contribution in [3.63, 3.8) is 0 Å². The average molecular weight is 477 g/mol. The first-order chi connectivity index (χ1) is 14.9. The first-order valence-corrected chi connectivity index (χ1v) is 13.5. The highest BCUT2D eigenvalue weighted by molar-refractivity contribution is 8.45. The van der Waals surface area contributed by atoms with Gasteiger partial charge in [-0.3, -0.25) is 0 Å². The average Bonchev–Trinajstić information content (AvgIpc) is 2.75. The zero-order chi connectivity index (χ0) is 23.3. The Bertz CT molecular complexity index is 855. The van der Waals surface area contributed by atoms with Gasteiger partial charge in [-0.2, -0.15) is 0 Å². The molecular weight excluding hydrogens is 443 g/mol. The molecule has 1 saturated carbocycles. The van der Waals surface area contributed by atoms with Crippen molar-refractivity contribution >= 4 is 10.2 Å². The van der Waals surface area contributed by atoms with Crippen LogP contribution in [0, 0.1) is 5.92 Å². The van der Waals surface area contributed by atoms with Crippen LogP contribution in [-0.2, 0) is 6.61 Å². The Kier molecular flexibility index (Phi) is 7.18. The number of benzene rings is 2. The molecular formula is C25H33F5OS. The summed E-state index contributed by atoms with van der Waals surface area (Å²) in [6, 6.07) is 10.7. The van der Waals surface area contributed by atoms with Gasteiger partial charge in [-0.15, -0.1) is 0 Å². The van der Waals surface area contributed by atoms with E-state index in [1.54, 1.807) is 0 Å². The third kappa shape index (κ3) is 7.39. The fraction of sp³-hybridized carbons (Fsp3) is 0.520. The van der Waals surface area contributed by atoms with E-state index in [2.05, 4.69) is 19.1 Å². The minimum atomic E-state index is -9.64. The molecule has 2 aromatic carbocycles. The monoisotopic (exact) mass is 476 g/mol. The summed E-state index contributed by atoms with van der Waals surface area (Å²) in [7, 11) is -9.64. The Morgan fingerprint density at radius 2 is 1.41 bits per heavy atom. The Labute approximate surface area is 188 Å². The van der Waals surface area contributed by atoms with E-state index in [1.807, 2.05) is 12.1 Å². The first kappa shape index (κ1) is 24.9. The van der Waals surface area contributed by atoms with Crippen LogP contribution in [0.2, 0.25) is 0 Å². The number of halogens is 5. The number of hydrogen-bond donors (Lipinski definition) is 0. The van der Waals surface area contributed by atoms with Gasteiger partial charge >= 0.3 is 10.2 Å². The molecule has 0 unspecified atom stereocenters. The minimum Gasteiger partial charge on any atom is -0.489 e. The van der Waals surface area contributed by atoms with Gasteiger partial charge in [0.1, 0.15) is 17.3 Å². The molecule has 1 nitrogen and oxygen atoms in total. The van der Waals surface area contributed by atoms with Crippen LogP contribution in [0.5, 0.6) is 5.75 Å². The summed E-state index contributed by atoms with van der Waals surface area (Å²) in [6.07, 6.45) is 11.7.